The normalized spacial score (nSPS) is 12.8. The average Bonchev–Trinajstić information content (AvgIpc) is 3.32. The maximum Gasteiger partial charge on any atom is 0.330 e. The summed E-state index contributed by atoms with van der Waals surface area (Å²) in [4.78, 5) is 53.6. The summed E-state index contributed by atoms with van der Waals surface area (Å²) < 4.78 is 28.7. The van der Waals surface area contributed by atoms with Gasteiger partial charge in [-0.2, -0.15) is 0 Å². The van der Waals surface area contributed by atoms with Crippen LogP contribution in [-0.4, -0.2) is 88.1 Å². The number of amides is 2. The standard InChI is InChI=1S/C56H84ClN3O9/c1-45-32-34-47(35-33-45)56(46-26-18-17-19-27-46,48-28-22-23-29-49(48)57)69-54(64)50(44-52(62)59-37-25-39-66-41-43-67-42-40-65-38-24-36-58)60-51(61)30-20-15-13-11-9-7-5-6-8-10-12-14-16-21-31-53(63)68-55(2,3)4/h17-19,22-23,26-29,32-35,50H,5-16,20-21,24-25,30-31,36-44,58H2,1-4H3,(H,59,62)(H,60,61)/t50-,56?/m0/s1. The molecule has 0 spiro atoms. The molecule has 3 rings (SSSR count). The SMILES string of the molecule is Cc1ccc(C(OC(=O)[C@H](CC(=O)NCCCOCCOCCOCCCN)NC(=O)CCCCCCCCCCCCCCCCC(=O)OC(C)(C)C)(c2ccccc2)c2ccccc2Cl)cc1. The molecule has 2 amide bonds. The molecule has 0 aliphatic rings. The lowest BCUT2D eigenvalue weighted by Gasteiger charge is -2.37. The molecule has 0 aliphatic heterocycles. The molecule has 13 heteroatoms. The Balaban J connectivity index is 1.52. The molecule has 0 aliphatic carbocycles. The number of benzene rings is 3. The van der Waals surface area contributed by atoms with Crippen molar-refractivity contribution in [2.24, 2.45) is 5.73 Å². The van der Waals surface area contributed by atoms with Gasteiger partial charge >= 0.3 is 11.9 Å². The molecular weight excluding hydrogens is 894 g/mol. The quantitative estimate of drug-likeness (QED) is 0.0286. The highest BCUT2D eigenvalue weighted by Gasteiger charge is 2.44. The van der Waals surface area contributed by atoms with E-state index in [1.54, 1.807) is 6.07 Å². The molecule has 0 radical (unpaired) electrons. The fraction of sp³-hybridized carbons (Fsp3) is 0.607. The van der Waals surface area contributed by atoms with Crippen molar-refractivity contribution in [2.75, 3.05) is 52.7 Å². The van der Waals surface area contributed by atoms with Gasteiger partial charge in [-0.3, -0.25) is 14.4 Å². The summed E-state index contributed by atoms with van der Waals surface area (Å²) in [7, 11) is 0. The van der Waals surface area contributed by atoms with Gasteiger partial charge in [0.25, 0.3) is 0 Å². The van der Waals surface area contributed by atoms with Crippen molar-refractivity contribution in [3.63, 3.8) is 0 Å². The van der Waals surface area contributed by atoms with E-state index in [9.17, 15) is 19.2 Å². The van der Waals surface area contributed by atoms with Gasteiger partial charge in [0.1, 0.15) is 11.6 Å². The van der Waals surface area contributed by atoms with Gasteiger partial charge in [-0.25, -0.2) is 4.79 Å². The third-order valence-corrected chi connectivity index (χ3v) is 12.0. The lowest BCUT2D eigenvalue weighted by atomic mass is 9.79. The highest BCUT2D eigenvalue weighted by Crippen LogP contribution is 2.44. The number of ether oxygens (including phenoxy) is 5. The zero-order chi connectivity index (χ0) is 50.0. The summed E-state index contributed by atoms with van der Waals surface area (Å²) in [6, 6.07) is 23.1. The van der Waals surface area contributed by atoms with E-state index >= 15 is 0 Å². The maximum atomic E-state index is 14.7. The number of unbranched alkanes of at least 4 members (excludes halogenated alkanes) is 13. The Morgan fingerprint density at radius 3 is 1.61 bits per heavy atom. The van der Waals surface area contributed by atoms with Gasteiger partial charge in [0.05, 0.1) is 32.8 Å². The molecule has 0 aromatic heterocycles. The minimum absolute atomic E-state index is 0.101. The van der Waals surface area contributed by atoms with Gasteiger partial charge < -0.3 is 40.1 Å². The zero-order valence-corrected chi connectivity index (χ0v) is 43.1. The largest absolute Gasteiger partial charge is 0.460 e. The van der Waals surface area contributed by atoms with E-state index in [0.717, 1.165) is 50.5 Å². The van der Waals surface area contributed by atoms with Crippen molar-refractivity contribution in [3.8, 4) is 0 Å². The highest BCUT2D eigenvalue weighted by molar-refractivity contribution is 6.31. The van der Waals surface area contributed by atoms with Crippen LogP contribution >= 0.6 is 11.6 Å². The summed E-state index contributed by atoms with van der Waals surface area (Å²) in [6.07, 6.45) is 17.2. The van der Waals surface area contributed by atoms with Gasteiger partial charge in [0.2, 0.25) is 11.8 Å². The number of carbonyl (C=O) groups is 4. The second-order valence-corrected chi connectivity index (χ2v) is 19.3. The predicted molar refractivity (Wildman–Crippen MR) is 275 cm³/mol. The van der Waals surface area contributed by atoms with E-state index in [0.29, 0.717) is 93.7 Å². The molecule has 3 aromatic rings. The molecule has 3 aromatic carbocycles. The first-order chi connectivity index (χ1) is 33.4. The minimum atomic E-state index is -1.51. The van der Waals surface area contributed by atoms with Crippen LogP contribution in [0, 0.1) is 6.92 Å². The van der Waals surface area contributed by atoms with Crippen LogP contribution in [0.2, 0.25) is 5.02 Å². The van der Waals surface area contributed by atoms with Crippen LogP contribution in [-0.2, 0) is 48.5 Å². The maximum absolute atomic E-state index is 14.7. The Bertz CT molecular complexity index is 1870. The van der Waals surface area contributed by atoms with Gasteiger partial charge in [0.15, 0.2) is 5.60 Å². The zero-order valence-electron chi connectivity index (χ0n) is 42.3. The molecule has 2 atom stereocenters. The van der Waals surface area contributed by atoms with Crippen LogP contribution in [0.5, 0.6) is 0 Å². The molecule has 69 heavy (non-hydrogen) atoms. The summed E-state index contributed by atoms with van der Waals surface area (Å²) in [5.41, 5.74) is 6.45. The molecule has 0 fully saturated rings. The van der Waals surface area contributed by atoms with Crippen molar-refractivity contribution < 1.29 is 42.9 Å². The van der Waals surface area contributed by atoms with Gasteiger partial charge in [-0.15, -0.1) is 0 Å². The van der Waals surface area contributed by atoms with E-state index in [1.807, 2.05) is 100 Å². The monoisotopic (exact) mass is 978 g/mol. The third-order valence-electron chi connectivity index (χ3n) is 11.6. The third kappa shape index (κ3) is 24.9. The van der Waals surface area contributed by atoms with Gasteiger partial charge in [-0.1, -0.05) is 167 Å². The smallest absolute Gasteiger partial charge is 0.330 e. The Labute approximate surface area is 418 Å². The van der Waals surface area contributed by atoms with E-state index < -0.39 is 29.1 Å². The molecule has 1 unspecified atom stereocenters. The first-order valence-electron chi connectivity index (χ1n) is 25.7. The number of aryl methyl sites for hydroxylation is 1. The predicted octanol–water partition coefficient (Wildman–Crippen LogP) is 10.8. The second-order valence-electron chi connectivity index (χ2n) is 18.9. The lowest BCUT2D eigenvalue weighted by Crippen LogP contribution is -2.48. The second kappa shape index (κ2) is 34.9. The van der Waals surface area contributed by atoms with Crippen LogP contribution in [0.4, 0.5) is 0 Å². The highest BCUT2D eigenvalue weighted by atomic mass is 35.5. The number of halogens is 1. The number of hydrogen-bond donors (Lipinski definition) is 3. The van der Waals surface area contributed by atoms with E-state index in [1.165, 1.54) is 44.9 Å². The topological polar surface area (TPSA) is 165 Å². The number of nitrogens with two attached hydrogens (primary N) is 1. The number of rotatable bonds is 38. The van der Waals surface area contributed by atoms with Crippen LogP contribution in [0.25, 0.3) is 0 Å². The molecule has 0 bridgehead atoms. The van der Waals surface area contributed by atoms with Crippen molar-refractivity contribution in [3.05, 3.63) is 106 Å². The van der Waals surface area contributed by atoms with Crippen LogP contribution in [0.15, 0.2) is 78.9 Å². The summed E-state index contributed by atoms with van der Waals surface area (Å²) >= 11 is 6.93. The van der Waals surface area contributed by atoms with Gasteiger partial charge in [0, 0.05) is 54.3 Å². The summed E-state index contributed by atoms with van der Waals surface area (Å²) in [5.74, 6) is -1.58. The van der Waals surface area contributed by atoms with Crippen LogP contribution in [0.1, 0.15) is 165 Å². The molecule has 0 saturated heterocycles. The number of nitrogens with one attached hydrogen (secondary N) is 2. The van der Waals surface area contributed by atoms with E-state index in [-0.39, 0.29) is 24.7 Å². The summed E-state index contributed by atoms with van der Waals surface area (Å²) in [5, 5.41) is 6.16. The van der Waals surface area contributed by atoms with Crippen molar-refractivity contribution in [1.29, 1.82) is 0 Å². The molecular formula is C56H84ClN3O9. The van der Waals surface area contributed by atoms with E-state index in [4.69, 9.17) is 41.0 Å². The van der Waals surface area contributed by atoms with Crippen molar-refractivity contribution in [1.82, 2.24) is 10.6 Å². The van der Waals surface area contributed by atoms with Crippen molar-refractivity contribution >= 4 is 35.4 Å². The molecule has 0 saturated carbocycles. The molecule has 4 N–H and O–H groups in total. The fourth-order valence-corrected chi connectivity index (χ4v) is 8.26. The Morgan fingerprint density at radius 2 is 1.06 bits per heavy atom. The number of carbonyl (C=O) groups excluding carboxylic acids is 4. The molecule has 12 nitrogen and oxygen atoms in total. The Kier molecular flexibility index (Phi) is 29.8. The minimum Gasteiger partial charge on any atom is -0.460 e. The van der Waals surface area contributed by atoms with Crippen LogP contribution < -0.4 is 16.4 Å². The fourth-order valence-electron chi connectivity index (χ4n) is 8.00. The number of esters is 2. The van der Waals surface area contributed by atoms with Gasteiger partial charge in [-0.05, 0) is 66.0 Å². The van der Waals surface area contributed by atoms with Crippen LogP contribution in [0.3, 0.4) is 0 Å². The first-order valence-corrected chi connectivity index (χ1v) is 26.0. The number of hydrogen-bond acceptors (Lipinski definition) is 10. The van der Waals surface area contributed by atoms with E-state index in [2.05, 4.69) is 10.6 Å². The van der Waals surface area contributed by atoms with Crippen molar-refractivity contribution in [2.45, 2.75) is 167 Å². The molecule has 384 valence electrons. The average molecular weight is 979 g/mol. The first kappa shape index (κ1) is 59.0. The molecule has 0 heterocycles. The summed E-state index contributed by atoms with van der Waals surface area (Å²) in [6.45, 7) is 11.5. The lowest BCUT2D eigenvalue weighted by molar-refractivity contribution is -0.158. The Hall–Kier alpha value is -4.33. The Morgan fingerprint density at radius 1 is 0.565 bits per heavy atom.